The maximum atomic E-state index is 13.6. The fourth-order valence-corrected chi connectivity index (χ4v) is 6.25. The van der Waals surface area contributed by atoms with Gasteiger partial charge in [-0.2, -0.15) is 0 Å². The molecule has 0 saturated carbocycles. The second kappa shape index (κ2) is 6.64. The number of ketones is 3. The van der Waals surface area contributed by atoms with Crippen LogP contribution in [0.4, 0.5) is 0 Å². The highest BCUT2D eigenvalue weighted by molar-refractivity contribution is 6.25. The van der Waals surface area contributed by atoms with E-state index in [1.807, 2.05) is 19.9 Å². The van der Waals surface area contributed by atoms with Crippen LogP contribution in [0.2, 0.25) is 0 Å². The van der Waals surface area contributed by atoms with E-state index in [1.165, 1.54) is 13.0 Å². The van der Waals surface area contributed by atoms with E-state index in [0.29, 0.717) is 6.42 Å². The second-order valence-electron chi connectivity index (χ2n) is 8.92. The Hall–Kier alpha value is -2.73. The molecule has 0 bridgehead atoms. The zero-order valence-electron chi connectivity index (χ0n) is 17.9. The Labute approximate surface area is 175 Å². The monoisotopic (exact) mass is 409 g/mol. The Bertz CT molecular complexity index is 1070. The quantitative estimate of drug-likeness (QED) is 0.648. The van der Waals surface area contributed by atoms with Gasteiger partial charge < -0.3 is 15.5 Å². The minimum Gasteiger partial charge on any atom is -0.509 e. The summed E-state index contributed by atoms with van der Waals surface area (Å²) in [5.74, 6) is -2.56. The zero-order chi connectivity index (χ0) is 22.1. The summed E-state index contributed by atoms with van der Waals surface area (Å²) in [6.07, 6.45) is 0.476. The molecule has 0 aromatic heterocycles. The van der Waals surface area contributed by atoms with Crippen LogP contribution in [0.5, 0.6) is 5.75 Å². The lowest BCUT2D eigenvalue weighted by Gasteiger charge is -2.53. The molecule has 0 amide bonds. The summed E-state index contributed by atoms with van der Waals surface area (Å²) in [6, 6.07) is 5.01. The number of benzene rings is 1. The van der Waals surface area contributed by atoms with E-state index in [1.54, 1.807) is 20.0 Å². The van der Waals surface area contributed by atoms with Gasteiger partial charge in [-0.3, -0.25) is 14.4 Å². The highest BCUT2D eigenvalue weighted by Crippen LogP contribution is 2.57. The van der Waals surface area contributed by atoms with E-state index < -0.39 is 17.1 Å². The van der Waals surface area contributed by atoms with E-state index in [0.717, 1.165) is 11.1 Å². The SMILES string of the molecule is CN[C@@]12C(=O)C(C(C)=O)=C(C)CC1C(C)[C@H]1C(=C2O)C(=O)c2c(O)cccc2[C@@H]1C. The minimum absolute atomic E-state index is 0.0953. The molecule has 0 heterocycles. The molecule has 30 heavy (non-hydrogen) atoms. The molecule has 3 aliphatic carbocycles. The van der Waals surface area contributed by atoms with Gasteiger partial charge in [-0.25, -0.2) is 0 Å². The van der Waals surface area contributed by atoms with Crippen molar-refractivity contribution < 1.29 is 24.6 Å². The van der Waals surface area contributed by atoms with Crippen molar-refractivity contribution in [2.24, 2.45) is 17.8 Å². The van der Waals surface area contributed by atoms with Gasteiger partial charge in [0.1, 0.15) is 17.0 Å². The number of nitrogens with one attached hydrogen (secondary N) is 1. The molecule has 158 valence electrons. The molecule has 0 fully saturated rings. The van der Waals surface area contributed by atoms with Crippen LogP contribution in [0.25, 0.3) is 0 Å². The summed E-state index contributed by atoms with van der Waals surface area (Å²) in [7, 11) is 1.58. The summed E-state index contributed by atoms with van der Waals surface area (Å²) in [5.41, 5.74) is 0.400. The third kappa shape index (κ3) is 2.31. The lowest BCUT2D eigenvalue weighted by molar-refractivity contribution is -0.129. The van der Waals surface area contributed by atoms with E-state index >= 15 is 0 Å². The third-order valence-corrected chi connectivity index (χ3v) is 7.58. The Morgan fingerprint density at radius 3 is 2.47 bits per heavy atom. The molecule has 6 nitrogen and oxygen atoms in total. The van der Waals surface area contributed by atoms with Gasteiger partial charge in [0.2, 0.25) is 0 Å². The van der Waals surface area contributed by atoms with Crippen LogP contribution >= 0.6 is 0 Å². The fraction of sp³-hybridized carbons (Fsp3) is 0.458. The number of rotatable bonds is 2. The first-order chi connectivity index (χ1) is 14.1. The number of hydrogen-bond donors (Lipinski definition) is 3. The molecule has 2 unspecified atom stereocenters. The molecule has 0 spiro atoms. The van der Waals surface area contributed by atoms with Crippen molar-refractivity contribution in [2.75, 3.05) is 7.05 Å². The maximum absolute atomic E-state index is 13.6. The van der Waals surface area contributed by atoms with Crippen LogP contribution < -0.4 is 5.32 Å². The number of phenols is 1. The average Bonchev–Trinajstić information content (AvgIpc) is 2.68. The summed E-state index contributed by atoms with van der Waals surface area (Å²) in [6.45, 7) is 7.13. The Balaban J connectivity index is 2.03. The van der Waals surface area contributed by atoms with Crippen molar-refractivity contribution in [2.45, 2.75) is 45.6 Å². The highest BCUT2D eigenvalue weighted by atomic mass is 16.3. The molecule has 4 rings (SSSR count). The second-order valence-corrected chi connectivity index (χ2v) is 8.92. The Morgan fingerprint density at radius 2 is 1.87 bits per heavy atom. The smallest absolute Gasteiger partial charge is 0.196 e. The van der Waals surface area contributed by atoms with Crippen molar-refractivity contribution in [3.8, 4) is 5.75 Å². The summed E-state index contributed by atoms with van der Waals surface area (Å²) in [5, 5.41) is 24.9. The van der Waals surface area contributed by atoms with Gasteiger partial charge >= 0.3 is 0 Å². The fourth-order valence-electron chi connectivity index (χ4n) is 6.25. The van der Waals surface area contributed by atoms with Crippen molar-refractivity contribution >= 4 is 17.3 Å². The minimum atomic E-state index is -1.52. The Morgan fingerprint density at radius 1 is 1.20 bits per heavy atom. The number of carbonyl (C=O) groups is 3. The predicted molar refractivity (Wildman–Crippen MR) is 111 cm³/mol. The lowest BCUT2D eigenvalue weighted by Crippen LogP contribution is -2.66. The first kappa shape index (κ1) is 20.5. The molecule has 3 aliphatic rings. The van der Waals surface area contributed by atoms with Gasteiger partial charge in [-0.1, -0.05) is 31.6 Å². The van der Waals surface area contributed by atoms with Gasteiger partial charge in [-0.05, 0) is 56.7 Å². The van der Waals surface area contributed by atoms with Crippen molar-refractivity contribution in [1.29, 1.82) is 0 Å². The van der Waals surface area contributed by atoms with Crippen LogP contribution in [0.3, 0.4) is 0 Å². The first-order valence-corrected chi connectivity index (χ1v) is 10.3. The molecule has 1 aromatic rings. The predicted octanol–water partition coefficient (Wildman–Crippen LogP) is 3.22. The number of aliphatic hydroxyl groups is 1. The van der Waals surface area contributed by atoms with Crippen molar-refractivity contribution in [1.82, 2.24) is 5.32 Å². The average molecular weight is 409 g/mol. The largest absolute Gasteiger partial charge is 0.509 e. The molecular weight excluding hydrogens is 382 g/mol. The number of fused-ring (bicyclic) bond motifs is 3. The number of carbonyl (C=O) groups excluding carboxylic acids is 3. The number of phenolic OH excluding ortho intramolecular Hbond substituents is 1. The van der Waals surface area contributed by atoms with Crippen LogP contribution in [-0.2, 0) is 9.59 Å². The van der Waals surface area contributed by atoms with Crippen LogP contribution in [0.1, 0.15) is 56.0 Å². The summed E-state index contributed by atoms with van der Waals surface area (Å²) >= 11 is 0. The van der Waals surface area contributed by atoms with E-state index in [-0.39, 0.29) is 57.7 Å². The highest BCUT2D eigenvalue weighted by Gasteiger charge is 2.62. The van der Waals surface area contributed by atoms with E-state index in [2.05, 4.69) is 5.32 Å². The number of Topliss-reactive ketones (excluding diaryl/α,β-unsaturated/α-hetero) is 3. The van der Waals surface area contributed by atoms with E-state index in [9.17, 15) is 24.6 Å². The molecular formula is C24H27NO5. The number of hydrogen-bond acceptors (Lipinski definition) is 6. The summed E-state index contributed by atoms with van der Waals surface area (Å²) < 4.78 is 0. The summed E-state index contributed by atoms with van der Waals surface area (Å²) in [4.78, 5) is 39.3. The van der Waals surface area contributed by atoms with Gasteiger partial charge in [0, 0.05) is 11.5 Å². The Kier molecular flexibility index (Phi) is 4.54. The van der Waals surface area contributed by atoms with Gasteiger partial charge in [0.25, 0.3) is 0 Å². The lowest BCUT2D eigenvalue weighted by atomic mass is 9.52. The van der Waals surface area contributed by atoms with Crippen molar-refractivity contribution in [3.63, 3.8) is 0 Å². The number of likely N-dealkylation sites (N-methyl/N-ethyl adjacent to an activating group) is 1. The van der Waals surface area contributed by atoms with Gasteiger partial charge in [0.15, 0.2) is 17.3 Å². The maximum Gasteiger partial charge on any atom is 0.196 e. The zero-order valence-corrected chi connectivity index (χ0v) is 17.9. The topological polar surface area (TPSA) is 104 Å². The molecule has 0 radical (unpaired) electrons. The van der Waals surface area contributed by atoms with Crippen LogP contribution in [-0.4, -0.2) is 40.1 Å². The van der Waals surface area contributed by atoms with Gasteiger partial charge in [-0.15, -0.1) is 0 Å². The standard InChI is InChI=1S/C24H27NO5/c1-10-9-15-12(3)18-11(2)14-7-6-8-16(27)19(14)21(28)20(18)23(30)24(15,25-5)22(29)17(10)13(4)26/h6-8,11-12,15,18,25,27,30H,9H2,1-5H3/t11-,12?,15?,18-,24+/m0/s1. The number of aliphatic hydroxyl groups excluding tert-OH is 1. The molecule has 3 N–H and O–H groups in total. The van der Waals surface area contributed by atoms with E-state index in [4.69, 9.17) is 0 Å². The molecule has 6 heteroatoms. The number of aromatic hydroxyl groups is 1. The first-order valence-electron chi connectivity index (χ1n) is 10.3. The van der Waals surface area contributed by atoms with Crippen molar-refractivity contribution in [3.05, 3.63) is 51.8 Å². The van der Waals surface area contributed by atoms with Crippen LogP contribution in [0, 0.1) is 17.8 Å². The molecule has 5 atom stereocenters. The van der Waals surface area contributed by atoms with Gasteiger partial charge in [0.05, 0.1) is 11.1 Å². The third-order valence-electron chi connectivity index (χ3n) is 7.58. The normalized spacial score (nSPS) is 33.2. The number of allylic oxidation sites excluding steroid dienone is 2. The molecule has 0 saturated heterocycles. The molecule has 0 aliphatic heterocycles. The van der Waals surface area contributed by atoms with Crippen LogP contribution in [0.15, 0.2) is 40.7 Å². The molecule has 1 aromatic carbocycles.